The van der Waals surface area contributed by atoms with Gasteiger partial charge in [-0.2, -0.15) is 4.98 Å². The highest BCUT2D eigenvalue weighted by atomic mass is 35.5. The number of nitrogens with two attached hydrogens (primary N) is 1. The molecule has 0 aliphatic carbocycles. The molecule has 0 fully saturated rings. The van der Waals surface area contributed by atoms with Crippen LogP contribution >= 0.6 is 11.6 Å². The summed E-state index contributed by atoms with van der Waals surface area (Å²) in [5, 5.41) is 4.07. The van der Waals surface area contributed by atoms with Gasteiger partial charge in [0.25, 0.3) is 0 Å². The maximum absolute atomic E-state index is 12.9. The Morgan fingerprint density at radius 3 is 2.94 bits per heavy atom. The van der Waals surface area contributed by atoms with Gasteiger partial charge in [-0.1, -0.05) is 29.7 Å². The van der Waals surface area contributed by atoms with Gasteiger partial charge in [0, 0.05) is 11.4 Å². The van der Waals surface area contributed by atoms with Gasteiger partial charge in [-0.05, 0) is 24.1 Å². The summed E-state index contributed by atoms with van der Waals surface area (Å²) in [5.41, 5.74) is 6.56. The molecule has 0 saturated carbocycles. The standard InChI is InChI=1S/C12H13ClFN3O/c1-2-3-10-16-12(17-18-10)11(15)8-5-4-7(14)6-9(8)13/h4-6,11H,2-3,15H2,1H3. The fraction of sp³-hybridized carbons (Fsp3) is 0.333. The summed E-state index contributed by atoms with van der Waals surface area (Å²) in [6.45, 7) is 2.01. The van der Waals surface area contributed by atoms with Crippen LogP contribution in [0.15, 0.2) is 22.7 Å². The average Bonchev–Trinajstić information content (AvgIpc) is 2.77. The second kappa shape index (κ2) is 5.46. The van der Waals surface area contributed by atoms with E-state index >= 15 is 0 Å². The zero-order valence-electron chi connectivity index (χ0n) is 9.86. The van der Waals surface area contributed by atoms with Crippen LogP contribution in [0.25, 0.3) is 0 Å². The lowest BCUT2D eigenvalue weighted by molar-refractivity contribution is 0.370. The van der Waals surface area contributed by atoms with E-state index in [1.807, 2.05) is 6.92 Å². The normalized spacial score (nSPS) is 12.7. The fourth-order valence-electron chi connectivity index (χ4n) is 1.60. The van der Waals surface area contributed by atoms with Crippen molar-refractivity contribution < 1.29 is 8.91 Å². The first-order chi connectivity index (χ1) is 8.61. The molecule has 1 heterocycles. The van der Waals surface area contributed by atoms with E-state index in [2.05, 4.69) is 10.1 Å². The van der Waals surface area contributed by atoms with Crippen molar-refractivity contribution >= 4 is 11.6 Å². The van der Waals surface area contributed by atoms with Crippen LogP contribution in [0.2, 0.25) is 5.02 Å². The molecule has 0 aliphatic heterocycles. The molecular formula is C12H13ClFN3O. The largest absolute Gasteiger partial charge is 0.339 e. The van der Waals surface area contributed by atoms with Crippen LogP contribution in [0.3, 0.4) is 0 Å². The van der Waals surface area contributed by atoms with Crippen LogP contribution < -0.4 is 5.73 Å². The molecule has 1 aromatic heterocycles. The molecule has 2 aromatic rings. The third-order valence-corrected chi connectivity index (χ3v) is 2.85. The van der Waals surface area contributed by atoms with Gasteiger partial charge in [0.2, 0.25) is 5.89 Å². The number of nitrogens with zero attached hydrogens (tertiary/aromatic N) is 2. The summed E-state index contributed by atoms with van der Waals surface area (Å²) in [4.78, 5) is 4.18. The molecule has 6 heteroatoms. The van der Waals surface area contributed by atoms with Gasteiger partial charge in [0.1, 0.15) is 5.82 Å². The number of hydrogen-bond donors (Lipinski definition) is 1. The molecular weight excluding hydrogens is 257 g/mol. The number of aryl methyl sites for hydroxylation is 1. The fourth-order valence-corrected chi connectivity index (χ4v) is 1.89. The van der Waals surface area contributed by atoms with Crippen molar-refractivity contribution in [3.05, 3.63) is 46.3 Å². The van der Waals surface area contributed by atoms with Crippen molar-refractivity contribution in [3.63, 3.8) is 0 Å². The second-order valence-corrected chi connectivity index (χ2v) is 4.35. The van der Waals surface area contributed by atoms with Crippen molar-refractivity contribution in [1.29, 1.82) is 0 Å². The third kappa shape index (κ3) is 2.68. The van der Waals surface area contributed by atoms with Crippen molar-refractivity contribution in [2.75, 3.05) is 0 Å². The Kier molecular flexibility index (Phi) is 3.93. The second-order valence-electron chi connectivity index (χ2n) is 3.94. The first kappa shape index (κ1) is 13.0. The quantitative estimate of drug-likeness (QED) is 0.927. The average molecular weight is 270 g/mol. The van der Waals surface area contributed by atoms with Gasteiger partial charge in [-0.15, -0.1) is 0 Å². The highest BCUT2D eigenvalue weighted by molar-refractivity contribution is 6.31. The molecule has 2 N–H and O–H groups in total. The number of hydrogen-bond acceptors (Lipinski definition) is 4. The Labute approximate surface area is 109 Å². The zero-order valence-corrected chi connectivity index (χ0v) is 10.6. The van der Waals surface area contributed by atoms with E-state index in [0.717, 1.165) is 6.42 Å². The van der Waals surface area contributed by atoms with E-state index in [9.17, 15) is 4.39 Å². The van der Waals surface area contributed by atoms with Crippen molar-refractivity contribution in [2.45, 2.75) is 25.8 Å². The summed E-state index contributed by atoms with van der Waals surface area (Å²) in [6.07, 6.45) is 1.62. The van der Waals surface area contributed by atoms with Gasteiger partial charge in [0.05, 0.1) is 6.04 Å². The minimum Gasteiger partial charge on any atom is -0.339 e. The summed E-state index contributed by atoms with van der Waals surface area (Å²) < 4.78 is 18.0. The third-order valence-electron chi connectivity index (χ3n) is 2.52. The van der Waals surface area contributed by atoms with Crippen molar-refractivity contribution in [3.8, 4) is 0 Å². The Morgan fingerprint density at radius 1 is 1.50 bits per heavy atom. The Bertz CT molecular complexity index is 544. The minimum absolute atomic E-state index is 0.254. The Hall–Kier alpha value is -1.46. The van der Waals surface area contributed by atoms with Crippen LogP contribution in [0.4, 0.5) is 4.39 Å². The van der Waals surface area contributed by atoms with Gasteiger partial charge >= 0.3 is 0 Å². The SMILES string of the molecule is CCCc1nc(C(N)c2ccc(F)cc2Cl)no1. The van der Waals surface area contributed by atoms with Crippen LogP contribution in [-0.4, -0.2) is 10.1 Å². The maximum atomic E-state index is 12.9. The zero-order chi connectivity index (χ0) is 13.1. The van der Waals surface area contributed by atoms with Crippen molar-refractivity contribution in [1.82, 2.24) is 10.1 Å². The van der Waals surface area contributed by atoms with E-state index in [1.165, 1.54) is 18.2 Å². The maximum Gasteiger partial charge on any atom is 0.226 e. The molecule has 96 valence electrons. The molecule has 0 radical (unpaired) electrons. The Balaban J connectivity index is 2.26. The van der Waals surface area contributed by atoms with E-state index in [-0.39, 0.29) is 5.02 Å². The molecule has 18 heavy (non-hydrogen) atoms. The molecule has 0 spiro atoms. The van der Waals surface area contributed by atoms with E-state index in [4.69, 9.17) is 21.9 Å². The predicted octanol–water partition coefficient (Wildman–Crippen LogP) is 2.86. The molecule has 4 nitrogen and oxygen atoms in total. The van der Waals surface area contributed by atoms with E-state index in [0.29, 0.717) is 23.7 Å². The van der Waals surface area contributed by atoms with Crippen LogP contribution in [0, 0.1) is 5.82 Å². The lowest BCUT2D eigenvalue weighted by atomic mass is 10.1. The summed E-state index contributed by atoms with van der Waals surface area (Å²) >= 11 is 5.94. The van der Waals surface area contributed by atoms with Crippen LogP contribution in [0.1, 0.15) is 36.7 Å². The van der Waals surface area contributed by atoms with Crippen molar-refractivity contribution in [2.24, 2.45) is 5.73 Å². The lowest BCUT2D eigenvalue weighted by Gasteiger charge is -2.09. The number of halogens is 2. The van der Waals surface area contributed by atoms with Gasteiger partial charge < -0.3 is 10.3 Å². The smallest absolute Gasteiger partial charge is 0.226 e. The van der Waals surface area contributed by atoms with E-state index in [1.54, 1.807) is 0 Å². The summed E-state index contributed by atoms with van der Waals surface area (Å²) in [5.74, 6) is 0.490. The highest BCUT2D eigenvalue weighted by Crippen LogP contribution is 2.25. The lowest BCUT2D eigenvalue weighted by Crippen LogP contribution is -2.14. The number of aromatic nitrogens is 2. The monoisotopic (exact) mass is 269 g/mol. The number of rotatable bonds is 4. The first-order valence-corrected chi connectivity index (χ1v) is 6.02. The summed E-state index contributed by atoms with van der Waals surface area (Å²) in [7, 11) is 0. The molecule has 0 amide bonds. The van der Waals surface area contributed by atoms with Gasteiger partial charge in [0.15, 0.2) is 5.82 Å². The highest BCUT2D eigenvalue weighted by Gasteiger charge is 2.18. The predicted molar refractivity (Wildman–Crippen MR) is 65.7 cm³/mol. The molecule has 2 rings (SSSR count). The molecule has 0 aliphatic rings. The van der Waals surface area contributed by atoms with Crippen LogP contribution in [-0.2, 0) is 6.42 Å². The minimum atomic E-state index is -0.618. The molecule has 1 aromatic carbocycles. The molecule has 1 atom stereocenters. The number of benzene rings is 1. The van der Waals surface area contributed by atoms with Gasteiger partial charge in [-0.3, -0.25) is 0 Å². The first-order valence-electron chi connectivity index (χ1n) is 5.64. The molecule has 0 bridgehead atoms. The topological polar surface area (TPSA) is 64.9 Å². The summed E-state index contributed by atoms with van der Waals surface area (Å²) in [6, 6.07) is 3.42. The molecule has 1 unspecified atom stereocenters. The molecule has 0 saturated heterocycles. The van der Waals surface area contributed by atoms with E-state index < -0.39 is 11.9 Å². The van der Waals surface area contributed by atoms with Crippen LogP contribution in [0.5, 0.6) is 0 Å². The van der Waals surface area contributed by atoms with Gasteiger partial charge in [-0.25, -0.2) is 4.39 Å². The Morgan fingerprint density at radius 2 is 2.28 bits per heavy atom.